The summed E-state index contributed by atoms with van der Waals surface area (Å²) < 4.78 is 4.99. The fourth-order valence-electron chi connectivity index (χ4n) is 1.26. The lowest BCUT2D eigenvalue weighted by Crippen LogP contribution is -2.11. The van der Waals surface area contributed by atoms with Gasteiger partial charge in [-0.1, -0.05) is 11.6 Å². The Balaban J connectivity index is 3.39. The number of benzene rings is 1. The Morgan fingerprint density at radius 3 is 2.47 bits per heavy atom. The number of methoxy groups -OCH3 is 1. The normalized spacial score (nSPS) is 9.87. The maximum absolute atomic E-state index is 10.9. The molecule has 0 aliphatic carbocycles. The van der Waals surface area contributed by atoms with E-state index in [2.05, 4.69) is 0 Å². The zero-order valence-electron chi connectivity index (χ0n) is 8.74. The number of carboxylic acids is 1. The number of halogens is 1. The second-order valence-corrected chi connectivity index (χ2v) is 3.56. The van der Waals surface area contributed by atoms with Crippen molar-refractivity contribution in [2.24, 2.45) is 0 Å². The van der Waals surface area contributed by atoms with Gasteiger partial charge in [0.05, 0.1) is 12.8 Å². The van der Waals surface area contributed by atoms with Gasteiger partial charge in [-0.05, 0) is 12.1 Å². The first kappa shape index (κ1) is 11.7. The van der Waals surface area contributed by atoms with Gasteiger partial charge in [0.1, 0.15) is 10.6 Å². The molecular formula is C10H12ClNO3. The molecule has 5 heteroatoms. The lowest BCUT2D eigenvalue weighted by atomic mass is 10.1. The smallest absolute Gasteiger partial charge is 0.339 e. The summed E-state index contributed by atoms with van der Waals surface area (Å²) in [5.74, 6) is -0.866. The number of nitrogens with zero attached hydrogens (tertiary/aromatic N) is 1. The number of hydrogen-bond acceptors (Lipinski definition) is 3. The van der Waals surface area contributed by atoms with Gasteiger partial charge in [0.2, 0.25) is 0 Å². The number of aromatic carboxylic acids is 1. The van der Waals surface area contributed by atoms with E-state index in [1.54, 1.807) is 11.0 Å². The van der Waals surface area contributed by atoms with Crippen molar-refractivity contribution in [2.45, 2.75) is 0 Å². The summed E-state index contributed by atoms with van der Waals surface area (Å²) in [5.41, 5.74) is 0.784. The van der Waals surface area contributed by atoms with Crippen LogP contribution in [0.5, 0.6) is 5.75 Å². The zero-order valence-corrected chi connectivity index (χ0v) is 9.50. The quantitative estimate of drug-likeness (QED) is 0.863. The van der Waals surface area contributed by atoms with E-state index in [4.69, 9.17) is 21.4 Å². The van der Waals surface area contributed by atoms with E-state index in [9.17, 15) is 4.79 Å². The fraction of sp³-hybridized carbons (Fsp3) is 0.300. The lowest BCUT2D eigenvalue weighted by Gasteiger charge is -2.17. The number of carboxylic acid groups (broad SMARTS) is 1. The van der Waals surface area contributed by atoms with Crippen molar-refractivity contribution in [3.8, 4) is 5.75 Å². The number of ether oxygens (including phenoxy) is 1. The molecule has 0 heterocycles. The third-order valence-corrected chi connectivity index (χ3v) is 2.36. The van der Waals surface area contributed by atoms with Crippen LogP contribution in [-0.2, 0) is 0 Å². The molecule has 82 valence electrons. The van der Waals surface area contributed by atoms with Gasteiger partial charge in [-0.3, -0.25) is 0 Å². The van der Waals surface area contributed by atoms with Crippen molar-refractivity contribution < 1.29 is 14.6 Å². The van der Waals surface area contributed by atoms with Crippen molar-refractivity contribution >= 4 is 23.3 Å². The van der Waals surface area contributed by atoms with E-state index in [0.29, 0.717) is 5.02 Å². The second kappa shape index (κ2) is 4.40. The summed E-state index contributed by atoms with van der Waals surface area (Å²) in [6.45, 7) is 0. The van der Waals surface area contributed by atoms with Gasteiger partial charge in [0.25, 0.3) is 0 Å². The molecule has 0 spiro atoms. The van der Waals surface area contributed by atoms with Crippen LogP contribution in [0.2, 0.25) is 5.02 Å². The van der Waals surface area contributed by atoms with E-state index in [1.807, 2.05) is 14.1 Å². The Bertz CT molecular complexity index is 390. The highest BCUT2D eigenvalue weighted by molar-refractivity contribution is 6.35. The van der Waals surface area contributed by atoms with Crippen LogP contribution in [0, 0.1) is 0 Å². The summed E-state index contributed by atoms with van der Waals surface area (Å²) in [4.78, 5) is 12.6. The number of rotatable bonds is 3. The molecule has 0 bridgehead atoms. The van der Waals surface area contributed by atoms with Crippen LogP contribution in [0.3, 0.4) is 0 Å². The second-order valence-electron chi connectivity index (χ2n) is 3.18. The number of anilines is 1. The van der Waals surface area contributed by atoms with Crippen LogP contribution in [-0.4, -0.2) is 32.3 Å². The van der Waals surface area contributed by atoms with Crippen molar-refractivity contribution in [1.29, 1.82) is 0 Å². The van der Waals surface area contributed by atoms with Gasteiger partial charge >= 0.3 is 5.97 Å². The Kier molecular flexibility index (Phi) is 3.42. The first-order valence-corrected chi connectivity index (χ1v) is 4.64. The Morgan fingerprint density at radius 2 is 2.07 bits per heavy atom. The molecule has 0 aliphatic heterocycles. The molecule has 0 atom stereocenters. The van der Waals surface area contributed by atoms with Crippen molar-refractivity contribution in [1.82, 2.24) is 0 Å². The van der Waals surface area contributed by atoms with Gasteiger partial charge in [-0.2, -0.15) is 0 Å². The highest BCUT2D eigenvalue weighted by Gasteiger charge is 2.17. The SMILES string of the molecule is COc1c(C(=O)O)ccc(N(C)C)c1Cl. The highest BCUT2D eigenvalue weighted by atomic mass is 35.5. The highest BCUT2D eigenvalue weighted by Crippen LogP contribution is 2.36. The minimum absolute atomic E-state index is 0.0631. The minimum atomic E-state index is -1.06. The zero-order chi connectivity index (χ0) is 11.6. The molecule has 0 saturated heterocycles. The monoisotopic (exact) mass is 229 g/mol. The maximum atomic E-state index is 10.9. The average Bonchev–Trinajstić information content (AvgIpc) is 2.16. The van der Waals surface area contributed by atoms with Gasteiger partial charge < -0.3 is 14.7 Å². The van der Waals surface area contributed by atoms with Crippen LogP contribution < -0.4 is 9.64 Å². The Labute approximate surface area is 93.0 Å². The predicted molar refractivity (Wildman–Crippen MR) is 59.3 cm³/mol. The largest absolute Gasteiger partial charge is 0.494 e. The summed E-state index contributed by atoms with van der Waals surface area (Å²) in [6.07, 6.45) is 0. The maximum Gasteiger partial charge on any atom is 0.339 e. The standard InChI is InChI=1S/C10H12ClNO3/c1-12(2)7-5-4-6(10(13)14)9(15-3)8(7)11/h4-5H,1-3H3,(H,13,14). The molecule has 1 N–H and O–H groups in total. The first-order chi connectivity index (χ1) is 6.99. The van der Waals surface area contributed by atoms with Crippen molar-refractivity contribution in [3.05, 3.63) is 22.7 Å². The average molecular weight is 230 g/mol. The predicted octanol–water partition coefficient (Wildman–Crippen LogP) is 2.11. The molecule has 0 saturated carbocycles. The number of carbonyl (C=O) groups is 1. The van der Waals surface area contributed by atoms with Gasteiger partial charge in [-0.25, -0.2) is 4.79 Å². The lowest BCUT2D eigenvalue weighted by molar-refractivity contribution is 0.0693. The fourth-order valence-corrected chi connectivity index (χ4v) is 1.67. The van der Waals surface area contributed by atoms with E-state index in [1.165, 1.54) is 13.2 Å². The minimum Gasteiger partial charge on any atom is -0.494 e. The molecule has 0 radical (unpaired) electrons. The molecule has 0 aliphatic rings. The molecule has 0 unspecified atom stereocenters. The molecule has 1 aromatic carbocycles. The van der Waals surface area contributed by atoms with E-state index in [-0.39, 0.29) is 11.3 Å². The molecule has 0 fully saturated rings. The Hall–Kier alpha value is -1.42. The molecule has 15 heavy (non-hydrogen) atoms. The summed E-state index contributed by atoms with van der Waals surface area (Å²) in [7, 11) is 5.04. The van der Waals surface area contributed by atoms with E-state index in [0.717, 1.165) is 5.69 Å². The van der Waals surface area contributed by atoms with Crippen LogP contribution in [0.25, 0.3) is 0 Å². The molecule has 1 aromatic rings. The van der Waals surface area contributed by atoms with Gasteiger partial charge in [-0.15, -0.1) is 0 Å². The van der Waals surface area contributed by atoms with Crippen molar-refractivity contribution in [2.75, 3.05) is 26.1 Å². The van der Waals surface area contributed by atoms with Crippen LogP contribution in [0.15, 0.2) is 12.1 Å². The number of hydrogen-bond donors (Lipinski definition) is 1. The first-order valence-electron chi connectivity index (χ1n) is 4.26. The molecule has 4 nitrogen and oxygen atoms in total. The Morgan fingerprint density at radius 1 is 1.47 bits per heavy atom. The van der Waals surface area contributed by atoms with Gasteiger partial charge in [0, 0.05) is 14.1 Å². The molecule has 1 rings (SSSR count). The van der Waals surface area contributed by atoms with Crippen LogP contribution in [0.4, 0.5) is 5.69 Å². The summed E-state index contributed by atoms with van der Waals surface area (Å²) in [6, 6.07) is 3.12. The van der Waals surface area contributed by atoms with Crippen LogP contribution in [0.1, 0.15) is 10.4 Å². The van der Waals surface area contributed by atoms with Crippen molar-refractivity contribution in [3.63, 3.8) is 0 Å². The van der Waals surface area contributed by atoms with E-state index < -0.39 is 5.97 Å². The molecular weight excluding hydrogens is 218 g/mol. The van der Waals surface area contributed by atoms with Crippen LogP contribution >= 0.6 is 11.6 Å². The topological polar surface area (TPSA) is 49.8 Å². The summed E-state index contributed by atoms with van der Waals surface area (Å²) in [5, 5.41) is 9.21. The third kappa shape index (κ3) is 2.15. The summed E-state index contributed by atoms with van der Waals surface area (Å²) >= 11 is 6.02. The van der Waals surface area contributed by atoms with Gasteiger partial charge in [0.15, 0.2) is 5.75 Å². The van der Waals surface area contributed by atoms with E-state index >= 15 is 0 Å². The third-order valence-electron chi connectivity index (χ3n) is 1.99. The molecule has 0 amide bonds. The molecule has 0 aromatic heterocycles.